The molecule has 0 aromatic heterocycles. The second kappa shape index (κ2) is 7.40. The average Bonchev–Trinajstić information content (AvgIpc) is 2.09. The van der Waals surface area contributed by atoms with E-state index >= 15 is 0 Å². The smallest absolute Gasteiger partial charge is 0.186 e. The van der Waals surface area contributed by atoms with Crippen LogP contribution in [0.5, 0.6) is 0 Å². The Morgan fingerprint density at radius 2 is 1.86 bits per heavy atom. The van der Waals surface area contributed by atoms with Gasteiger partial charge in [-0.3, -0.25) is 0 Å². The largest absolute Gasteiger partial charge is 0.417 e. The summed E-state index contributed by atoms with van der Waals surface area (Å²) in [6.45, 7) is 7.36. The SMILES string of the molecule is CN(C)CCCO[Si](C)(C)CCCN. The number of hydrogen-bond donors (Lipinski definition) is 1. The molecule has 0 amide bonds. The van der Waals surface area contributed by atoms with Crippen molar-refractivity contribution in [2.75, 3.05) is 33.8 Å². The Hall–Kier alpha value is 0.0969. The first-order valence-electron chi connectivity index (χ1n) is 5.47. The highest BCUT2D eigenvalue weighted by molar-refractivity contribution is 6.71. The van der Waals surface area contributed by atoms with Gasteiger partial charge in [0.25, 0.3) is 0 Å². The van der Waals surface area contributed by atoms with Gasteiger partial charge < -0.3 is 15.1 Å². The summed E-state index contributed by atoms with van der Waals surface area (Å²) in [5.41, 5.74) is 5.49. The first kappa shape index (κ1) is 14.1. The van der Waals surface area contributed by atoms with Gasteiger partial charge in [0.15, 0.2) is 8.32 Å². The average molecular weight is 218 g/mol. The van der Waals surface area contributed by atoms with Gasteiger partial charge in [0, 0.05) is 6.61 Å². The minimum atomic E-state index is -1.39. The topological polar surface area (TPSA) is 38.5 Å². The van der Waals surface area contributed by atoms with Crippen molar-refractivity contribution in [1.29, 1.82) is 0 Å². The van der Waals surface area contributed by atoms with E-state index in [4.69, 9.17) is 10.2 Å². The highest BCUT2D eigenvalue weighted by atomic mass is 28.4. The van der Waals surface area contributed by atoms with Gasteiger partial charge in [0.05, 0.1) is 0 Å². The Morgan fingerprint density at radius 3 is 2.36 bits per heavy atom. The minimum absolute atomic E-state index is 0.789. The van der Waals surface area contributed by atoms with Crippen molar-refractivity contribution >= 4 is 8.32 Å². The summed E-state index contributed by atoms with van der Waals surface area (Å²) in [7, 11) is 2.79. The molecule has 0 bridgehead atoms. The second-order valence-corrected chi connectivity index (χ2v) is 8.97. The summed E-state index contributed by atoms with van der Waals surface area (Å²) in [5, 5.41) is 0. The molecule has 0 aromatic rings. The molecule has 0 aromatic carbocycles. The molecule has 0 saturated heterocycles. The Kier molecular flexibility index (Phi) is 7.45. The van der Waals surface area contributed by atoms with Gasteiger partial charge in [0.1, 0.15) is 0 Å². The van der Waals surface area contributed by atoms with Crippen LogP contribution in [0.25, 0.3) is 0 Å². The zero-order valence-electron chi connectivity index (χ0n) is 10.2. The van der Waals surface area contributed by atoms with Gasteiger partial charge in [-0.1, -0.05) is 0 Å². The van der Waals surface area contributed by atoms with Crippen LogP contribution in [-0.2, 0) is 4.43 Å². The molecule has 0 fully saturated rings. The van der Waals surface area contributed by atoms with Gasteiger partial charge in [-0.2, -0.15) is 0 Å². The Balaban J connectivity index is 3.44. The lowest BCUT2D eigenvalue weighted by atomic mass is 10.4. The summed E-state index contributed by atoms with van der Waals surface area (Å²) in [5.74, 6) is 0. The molecule has 0 rings (SSSR count). The molecule has 0 atom stereocenters. The van der Waals surface area contributed by atoms with Gasteiger partial charge in [-0.05, 0) is 59.2 Å². The van der Waals surface area contributed by atoms with Crippen molar-refractivity contribution in [1.82, 2.24) is 4.90 Å². The van der Waals surface area contributed by atoms with Crippen molar-refractivity contribution in [3.8, 4) is 0 Å². The molecule has 2 N–H and O–H groups in total. The van der Waals surface area contributed by atoms with Gasteiger partial charge in [-0.15, -0.1) is 0 Å². The molecule has 0 spiro atoms. The zero-order valence-corrected chi connectivity index (χ0v) is 11.2. The molecule has 4 heteroatoms. The van der Waals surface area contributed by atoms with Crippen LogP contribution in [0.15, 0.2) is 0 Å². The van der Waals surface area contributed by atoms with Crippen LogP contribution in [0.1, 0.15) is 12.8 Å². The summed E-state index contributed by atoms with van der Waals surface area (Å²) in [6, 6.07) is 1.19. The zero-order chi connectivity index (χ0) is 11.0. The molecule has 3 nitrogen and oxygen atoms in total. The van der Waals surface area contributed by atoms with Crippen molar-refractivity contribution in [3.63, 3.8) is 0 Å². The van der Waals surface area contributed by atoms with Crippen LogP contribution in [-0.4, -0.2) is 47.0 Å². The normalized spacial score (nSPS) is 12.4. The van der Waals surface area contributed by atoms with Crippen LogP contribution in [0.4, 0.5) is 0 Å². The van der Waals surface area contributed by atoms with E-state index in [0.717, 1.165) is 32.5 Å². The number of rotatable bonds is 8. The van der Waals surface area contributed by atoms with E-state index in [-0.39, 0.29) is 0 Å². The van der Waals surface area contributed by atoms with Gasteiger partial charge >= 0.3 is 0 Å². The monoisotopic (exact) mass is 218 g/mol. The third-order valence-corrected chi connectivity index (χ3v) is 4.77. The lowest BCUT2D eigenvalue weighted by Gasteiger charge is -2.23. The minimum Gasteiger partial charge on any atom is -0.417 e. The quantitative estimate of drug-likeness (QED) is 0.496. The molecule has 0 unspecified atom stereocenters. The second-order valence-electron chi connectivity index (χ2n) is 4.66. The van der Waals surface area contributed by atoms with E-state index in [1.807, 2.05) is 0 Å². The molecule has 0 aliphatic carbocycles. The molecule has 0 heterocycles. The van der Waals surface area contributed by atoms with E-state index in [1.54, 1.807) is 0 Å². The Bertz CT molecular complexity index is 140. The van der Waals surface area contributed by atoms with Crippen LogP contribution in [0, 0.1) is 0 Å². The van der Waals surface area contributed by atoms with E-state index in [9.17, 15) is 0 Å². The summed E-state index contributed by atoms with van der Waals surface area (Å²) >= 11 is 0. The van der Waals surface area contributed by atoms with Gasteiger partial charge in [0.2, 0.25) is 0 Å². The lowest BCUT2D eigenvalue weighted by molar-refractivity contribution is 0.273. The summed E-state index contributed by atoms with van der Waals surface area (Å²) < 4.78 is 5.94. The van der Waals surface area contributed by atoms with Gasteiger partial charge in [-0.25, -0.2) is 0 Å². The number of nitrogens with two attached hydrogens (primary N) is 1. The van der Waals surface area contributed by atoms with Crippen molar-refractivity contribution in [3.05, 3.63) is 0 Å². The molecular weight excluding hydrogens is 192 g/mol. The van der Waals surface area contributed by atoms with Crippen LogP contribution < -0.4 is 5.73 Å². The van der Waals surface area contributed by atoms with E-state index in [1.165, 1.54) is 6.04 Å². The van der Waals surface area contributed by atoms with Crippen molar-refractivity contribution in [2.45, 2.75) is 32.0 Å². The molecule has 0 saturated carbocycles. The van der Waals surface area contributed by atoms with Crippen LogP contribution in [0.2, 0.25) is 19.1 Å². The predicted octanol–water partition coefficient (Wildman–Crippen LogP) is 1.51. The first-order chi connectivity index (χ1) is 6.48. The maximum atomic E-state index is 5.94. The maximum absolute atomic E-state index is 5.94. The lowest BCUT2D eigenvalue weighted by Crippen LogP contribution is -2.32. The molecular formula is C10H26N2OSi. The molecule has 0 aliphatic rings. The number of nitrogens with zero attached hydrogens (tertiary/aromatic N) is 1. The fourth-order valence-corrected chi connectivity index (χ4v) is 3.23. The van der Waals surface area contributed by atoms with Crippen molar-refractivity contribution < 1.29 is 4.43 Å². The Labute approximate surface area is 89.7 Å². The van der Waals surface area contributed by atoms with E-state index in [0.29, 0.717) is 0 Å². The predicted molar refractivity (Wildman–Crippen MR) is 65.1 cm³/mol. The van der Waals surface area contributed by atoms with Crippen molar-refractivity contribution in [2.24, 2.45) is 5.73 Å². The van der Waals surface area contributed by atoms with E-state index < -0.39 is 8.32 Å². The highest BCUT2D eigenvalue weighted by Crippen LogP contribution is 2.13. The summed E-state index contributed by atoms with van der Waals surface area (Å²) in [6.07, 6.45) is 2.24. The van der Waals surface area contributed by atoms with Crippen LogP contribution >= 0.6 is 0 Å². The Morgan fingerprint density at radius 1 is 1.21 bits per heavy atom. The van der Waals surface area contributed by atoms with E-state index in [2.05, 4.69) is 32.1 Å². The van der Waals surface area contributed by atoms with Crippen LogP contribution in [0.3, 0.4) is 0 Å². The molecule has 86 valence electrons. The maximum Gasteiger partial charge on any atom is 0.186 e. The third kappa shape index (κ3) is 8.68. The fourth-order valence-electron chi connectivity index (χ4n) is 1.33. The highest BCUT2D eigenvalue weighted by Gasteiger charge is 2.20. The molecule has 14 heavy (non-hydrogen) atoms. The molecule has 0 radical (unpaired) electrons. The number of hydrogen-bond acceptors (Lipinski definition) is 3. The molecule has 0 aliphatic heterocycles. The standard InChI is InChI=1S/C10H26N2OSi/c1-12(2)8-6-9-13-14(3,4)10-5-7-11/h5-11H2,1-4H3. The third-order valence-electron chi connectivity index (χ3n) is 2.23. The fraction of sp³-hybridized carbons (Fsp3) is 1.00. The first-order valence-corrected chi connectivity index (χ1v) is 8.58. The summed E-state index contributed by atoms with van der Waals surface area (Å²) in [4.78, 5) is 2.19.